The van der Waals surface area contributed by atoms with Crippen LogP contribution in [0.4, 0.5) is 0 Å². The molecule has 0 fully saturated rings. The molecule has 1 heterocycles. The third-order valence-corrected chi connectivity index (χ3v) is 2.57. The predicted octanol–water partition coefficient (Wildman–Crippen LogP) is 2.59. The lowest BCUT2D eigenvalue weighted by Gasteiger charge is -1.90. The van der Waals surface area contributed by atoms with Crippen LogP contribution < -0.4 is 5.73 Å². The molecule has 0 unspecified atom stereocenters. The Hall–Kier alpha value is -0.600. The van der Waals surface area contributed by atoms with Crippen molar-refractivity contribution in [3.8, 4) is 0 Å². The zero-order valence-corrected chi connectivity index (χ0v) is 8.02. The quantitative estimate of drug-likeness (QED) is 0.694. The van der Waals surface area contributed by atoms with E-state index in [0.717, 1.165) is 19.4 Å². The van der Waals surface area contributed by atoms with Gasteiger partial charge in [-0.2, -0.15) is 0 Å². The zero-order chi connectivity index (χ0) is 8.65. The maximum Gasteiger partial charge on any atom is 0.00482 e. The van der Waals surface area contributed by atoms with E-state index in [4.69, 9.17) is 5.73 Å². The van der Waals surface area contributed by atoms with Crippen LogP contribution in [-0.2, 0) is 6.42 Å². The average molecular weight is 181 g/mol. The van der Waals surface area contributed by atoms with Gasteiger partial charge in [0.2, 0.25) is 0 Å². The van der Waals surface area contributed by atoms with E-state index in [0.29, 0.717) is 0 Å². The van der Waals surface area contributed by atoms with Gasteiger partial charge in [-0.25, -0.2) is 0 Å². The van der Waals surface area contributed by atoms with Crippen molar-refractivity contribution in [1.82, 2.24) is 0 Å². The van der Waals surface area contributed by atoms with Gasteiger partial charge in [0.15, 0.2) is 0 Å². The largest absolute Gasteiger partial charge is 0.330 e. The molecule has 0 amide bonds. The van der Waals surface area contributed by atoms with E-state index in [1.54, 1.807) is 0 Å². The monoisotopic (exact) mass is 181 g/mol. The molecule has 0 aromatic carbocycles. The average Bonchev–Trinajstić information content (AvgIpc) is 2.57. The van der Waals surface area contributed by atoms with Gasteiger partial charge in [-0.05, 0) is 37.3 Å². The van der Waals surface area contributed by atoms with Crippen molar-refractivity contribution in [3.05, 3.63) is 34.5 Å². The Kier molecular flexibility index (Phi) is 4.73. The lowest BCUT2D eigenvalue weighted by Crippen LogP contribution is -1.95. The molecule has 0 saturated carbocycles. The maximum absolute atomic E-state index is 5.36. The van der Waals surface area contributed by atoms with Crippen molar-refractivity contribution < 1.29 is 0 Å². The molecule has 0 aliphatic heterocycles. The Morgan fingerprint density at radius 2 is 2.17 bits per heavy atom. The van der Waals surface area contributed by atoms with Gasteiger partial charge in [0.25, 0.3) is 0 Å². The van der Waals surface area contributed by atoms with Crippen molar-refractivity contribution in [2.75, 3.05) is 6.54 Å². The van der Waals surface area contributed by atoms with E-state index >= 15 is 0 Å². The Morgan fingerprint density at radius 3 is 2.83 bits per heavy atom. The molecule has 1 aromatic rings. The van der Waals surface area contributed by atoms with Gasteiger partial charge in [0.05, 0.1) is 0 Å². The van der Waals surface area contributed by atoms with Crippen molar-refractivity contribution in [2.24, 2.45) is 5.73 Å². The topological polar surface area (TPSA) is 26.0 Å². The van der Waals surface area contributed by atoms with Crippen LogP contribution in [0.5, 0.6) is 0 Å². The van der Waals surface area contributed by atoms with Gasteiger partial charge in [-0.3, -0.25) is 0 Å². The molecule has 0 bridgehead atoms. The Labute approximate surface area is 77.9 Å². The minimum absolute atomic E-state index is 0.759. The number of hydrogen-bond acceptors (Lipinski definition) is 2. The lowest BCUT2D eigenvalue weighted by atomic mass is 10.2. The fraction of sp³-hybridized carbons (Fsp3) is 0.400. The first kappa shape index (κ1) is 9.49. The molecule has 0 aliphatic carbocycles. The summed E-state index contributed by atoms with van der Waals surface area (Å²) in [6.07, 6.45) is 7.68. The second-order valence-corrected chi connectivity index (χ2v) is 3.70. The number of rotatable bonds is 5. The smallest absolute Gasteiger partial charge is 0.00482 e. The molecule has 0 spiro atoms. The van der Waals surface area contributed by atoms with Crippen LogP contribution in [0.1, 0.15) is 17.7 Å². The lowest BCUT2D eigenvalue weighted by molar-refractivity contribution is 0.975. The summed E-state index contributed by atoms with van der Waals surface area (Å²) in [5.41, 5.74) is 5.36. The van der Waals surface area contributed by atoms with E-state index in [1.165, 1.54) is 11.3 Å². The normalized spacial score (nSPS) is 11.1. The van der Waals surface area contributed by atoms with Gasteiger partial charge < -0.3 is 5.73 Å². The van der Waals surface area contributed by atoms with Crippen LogP contribution in [-0.4, -0.2) is 6.54 Å². The molecule has 0 radical (unpaired) electrons. The minimum atomic E-state index is 0.759. The third kappa shape index (κ3) is 3.69. The summed E-state index contributed by atoms with van der Waals surface area (Å²) in [4.78, 5) is 1.47. The molecule has 0 aliphatic rings. The molecule has 66 valence electrons. The van der Waals surface area contributed by atoms with Gasteiger partial charge in [0, 0.05) is 4.88 Å². The Bertz CT molecular complexity index is 214. The molecule has 0 saturated heterocycles. The van der Waals surface area contributed by atoms with E-state index in [-0.39, 0.29) is 0 Å². The highest BCUT2D eigenvalue weighted by Crippen LogP contribution is 2.10. The number of thiophene rings is 1. The van der Waals surface area contributed by atoms with Crippen LogP contribution in [0, 0.1) is 0 Å². The maximum atomic E-state index is 5.36. The Morgan fingerprint density at radius 1 is 1.33 bits per heavy atom. The summed E-state index contributed by atoms with van der Waals surface area (Å²) in [6, 6.07) is 4.28. The Balaban J connectivity index is 2.11. The van der Waals surface area contributed by atoms with Crippen LogP contribution in [0.15, 0.2) is 29.7 Å². The first-order chi connectivity index (χ1) is 5.93. The number of hydrogen-bond donors (Lipinski definition) is 1. The van der Waals surface area contributed by atoms with Gasteiger partial charge in [-0.15, -0.1) is 11.3 Å². The summed E-state index contributed by atoms with van der Waals surface area (Å²) < 4.78 is 0. The van der Waals surface area contributed by atoms with E-state index in [9.17, 15) is 0 Å². The molecular formula is C10H15NS. The molecule has 1 rings (SSSR count). The number of nitrogens with two attached hydrogens (primary N) is 1. The second kappa shape index (κ2) is 5.98. The molecule has 1 aromatic heterocycles. The fourth-order valence-electron chi connectivity index (χ4n) is 1.01. The highest BCUT2D eigenvalue weighted by atomic mass is 32.1. The molecule has 0 atom stereocenters. The van der Waals surface area contributed by atoms with E-state index in [2.05, 4.69) is 29.7 Å². The fourth-order valence-corrected chi connectivity index (χ4v) is 1.74. The first-order valence-corrected chi connectivity index (χ1v) is 5.19. The summed E-state index contributed by atoms with van der Waals surface area (Å²) in [5, 5.41) is 2.12. The molecule has 2 N–H and O–H groups in total. The predicted molar refractivity (Wildman–Crippen MR) is 55.5 cm³/mol. The van der Waals surface area contributed by atoms with Crippen LogP contribution in [0.25, 0.3) is 0 Å². The summed E-state index contributed by atoms with van der Waals surface area (Å²) in [7, 11) is 0. The first-order valence-electron chi connectivity index (χ1n) is 4.31. The van der Waals surface area contributed by atoms with Crippen LogP contribution in [0.2, 0.25) is 0 Å². The van der Waals surface area contributed by atoms with Crippen LogP contribution in [0.3, 0.4) is 0 Å². The van der Waals surface area contributed by atoms with Gasteiger partial charge in [-0.1, -0.05) is 18.2 Å². The summed E-state index contributed by atoms with van der Waals surface area (Å²) >= 11 is 1.83. The van der Waals surface area contributed by atoms with Crippen molar-refractivity contribution in [2.45, 2.75) is 19.3 Å². The molecule has 1 nitrogen and oxygen atoms in total. The van der Waals surface area contributed by atoms with E-state index < -0.39 is 0 Å². The van der Waals surface area contributed by atoms with Crippen molar-refractivity contribution in [3.63, 3.8) is 0 Å². The van der Waals surface area contributed by atoms with Crippen LogP contribution >= 0.6 is 11.3 Å². The minimum Gasteiger partial charge on any atom is -0.330 e. The number of aryl methyl sites for hydroxylation is 1. The number of allylic oxidation sites excluding steroid dienone is 1. The van der Waals surface area contributed by atoms with Crippen molar-refractivity contribution >= 4 is 11.3 Å². The third-order valence-electron chi connectivity index (χ3n) is 1.64. The van der Waals surface area contributed by atoms with Gasteiger partial charge in [0.1, 0.15) is 0 Å². The standard InChI is InChI=1S/C10H15NS/c11-8-4-2-1-3-6-10-7-5-9-12-10/h1-2,5,7,9H,3-4,6,8,11H2. The molecule has 12 heavy (non-hydrogen) atoms. The van der Waals surface area contributed by atoms with Crippen molar-refractivity contribution in [1.29, 1.82) is 0 Å². The zero-order valence-electron chi connectivity index (χ0n) is 7.20. The SMILES string of the molecule is NCCC=CCCc1cccs1. The van der Waals surface area contributed by atoms with Gasteiger partial charge >= 0.3 is 0 Å². The highest BCUT2D eigenvalue weighted by Gasteiger charge is 1.89. The molecule has 2 heteroatoms. The summed E-state index contributed by atoms with van der Waals surface area (Å²) in [6.45, 7) is 0.759. The molecular weight excluding hydrogens is 166 g/mol. The second-order valence-electron chi connectivity index (χ2n) is 2.67. The van der Waals surface area contributed by atoms with E-state index in [1.807, 2.05) is 11.3 Å². The summed E-state index contributed by atoms with van der Waals surface area (Å²) in [5.74, 6) is 0. The highest BCUT2D eigenvalue weighted by molar-refractivity contribution is 7.09.